The van der Waals surface area contributed by atoms with Gasteiger partial charge in [-0.3, -0.25) is 0 Å². The minimum atomic E-state index is -3.52. The first-order chi connectivity index (χ1) is 9.94. The Morgan fingerprint density at radius 2 is 2.19 bits per heavy atom. The van der Waals surface area contributed by atoms with E-state index >= 15 is 0 Å². The highest BCUT2D eigenvalue weighted by Crippen LogP contribution is 2.27. The number of hydrogen-bond acceptors (Lipinski definition) is 4. The van der Waals surface area contributed by atoms with Crippen molar-refractivity contribution in [1.29, 1.82) is 0 Å². The molecule has 0 saturated carbocycles. The molecule has 1 aliphatic heterocycles. The summed E-state index contributed by atoms with van der Waals surface area (Å²) >= 11 is 3.39. The first-order valence-corrected chi connectivity index (χ1v) is 9.22. The molecular weight excluding hydrogens is 356 g/mol. The van der Waals surface area contributed by atoms with Crippen LogP contribution in [-0.2, 0) is 21.3 Å². The average Bonchev–Trinajstić information content (AvgIpc) is 2.94. The highest BCUT2D eigenvalue weighted by molar-refractivity contribution is 9.10. The van der Waals surface area contributed by atoms with Crippen molar-refractivity contribution in [3.05, 3.63) is 27.7 Å². The van der Waals surface area contributed by atoms with E-state index in [4.69, 9.17) is 4.74 Å². The topological polar surface area (TPSA) is 67.4 Å². The van der Waals surface area contributed by atoms with E-state index in [1.54, 1.807) is 6.07 Å². The third kappa shape index (κ3) is 4.26. The zero-order chi connectivity index (χ0) is 15.5. The molecule has 5 nitrogen and oxygen atoms in total. The van der Waals surface area contributed by atoms with E-state index in [-0.39, 0.29) is 5.92 Å². The van der Waals surface area contributed by atoms with Gasteiger partial charge in [0.15, 0.2) is 0 Å². The molecule has 0 spiro atoms. The Hall–Kier alpha value is -0.470. The summed E-state index contributed by atoms with van der Waals surface area (Å²) in [6.45, 7) is 4.29. The number of ether oxygens (including phenoxy) is 1. The van der Waals surface area contributed by atoms with Crippen LogP contribution in [0.25, 0.3) is 0 Å². The molecule has 1 saturated heterocycles. The summed E-state index contributed by atoms with van der Waals surface area (Å²) < 4.78 is 33.6. The second-order valence-corrected chi connectivity index (χ2v) is 7.87. The van der Waals surface area contributed by atoms with Crippen molar-refractivity contribution in [2.75, 3.05) is 26.8 Å². The molecular formula is C14H21BrN2O3S. The number of hydrogen-bond donors (Lipinski definition) is 2. The van der Waals surface area contributed by atoms with Crippen LogP contribution in [0.15, 0.2) is 21.5 Å². The number of nitrogens with one attached hydrogen (secondary N) is 2. The number of aryl methyl sites for hydroxylation is 1. The van der Waals surface area contributed by atoms with Crippen LogP contribution in [-0.4, -0.2) is 35.2 Å². The molecule has 118 valence electrons. The quantitative estimate of drug-likeness (QED) is 0.793. The molecule has 21 heavy (non-hydrogen) atoms. The SMILES string of the molecule is CNCc1cc(C)c(Br)c(S(=O)(=O)NCC2CCOC2)c1. The van der Waals surface area contributed by atoms with E-state index in [2.05, 4.69) is 26.0 Å². The standard InChI is InChI=1S/C14H21BrN2O3S/c1-10-5-12(7-16-2)6-13(14(10)15)21(18,19)17-8-11-3-4-20-9-11/h5-6,11,16-17H,3-4,7-9H2,1-2H3. The summed E-state index contributed by atoms with van der Waals surface area (Å²) in [5.74, 6) is 0.264. The smallest absolute Gasteiger partial charge is 0.241 e. The van der Waals surface area contributed by atoms with E-state index in [0.29, 0.717) is 35.7 Å². The molecule has 0 radical (unpaired) electrons. The number of rotatable bonds is 6. The van der Waals surface area contributed by atoms with Crippen LogP contribution in [0.4, 0.5) is 0 Å². The zero-order valence-electron chi connectivity index (χ0n) is 12.3. The Kier molecular flexibility index (Phi) is 5.79. The molecule has 1 fully saturated rings. The Balaban J connectivity index is 2.21. The van der Waals surface area contributed by atoms with Gasteiger partial charge in [0, 0.05) is 24.2 Å². The molecule has 2 rings (SSSR count). The highest BCUT2D eigenvalue weighted by Gasteiger charge is 2.23. The van der Waals surface area contributed by atoms with Gasteiger partial charge in [0.1, 0.15) is 0 Å². The first-order valence-electron chi connectivity index (χ1n) is 6.95. The highest BCUT2D eigenvalue weighted by atomic mass is 79.9. The van der Waals surface area contributed by atoms with Crippen LogP contribution in [0, 0.1) is 12.8 Å². The summed E-state index contributed by atoms with van der Waals surface area (Å²) in [6.07, 6.45) is 0.905. The molecule has 1 aromatic rings. The number of benzene rings is 1. The lowest BCUT2D eigenvalue weighted by molar-refractivity contribution is 0.186. The zero-order valence-corrected chi connectivity index (χ0v) is 14.7. The summed E-state index contributed by atoms with van der Waals surface area (Å²) in [5, 5.41) is 3.04. The molecule has 1 aliphatic rings. The lowest BCUT2D eigenvalue weighted by atomic mass is 10.1. The van der Waals surface area contributed by atoms with Crippen molar-refractivity contribution in [3.63, 3.8) is 0 Å². The number of halogens is 1. The lowest BCUT2D eigenvalue weighted by Crippen LogP contribution is -2.30. The van der Waals surface area contributed by atoms with Gasteiger partial charge in [-0.1, -0.05) is 6.07 Å². The van der Waals surface area contributed by atoms with E-state index < -0.39 is 10.0 Å². The van der Waals surface area contributed by atoms with Gasteiger partial charge in [-0.15, -0.1) is 0 Å². The van der Waals surface area contributed by atoms with Crippen molar-refractivity contribution in [3.8, 4) is 0 Å². The van der Waals surface area contributed by atoms with Gasteiger partial charge in [-0.25, -0.2) is 13.1 Å². The van der Waals surface area contributed by atoms with Gasteiger partial charge in [0.2, 0.25) is 10.0 Å². The van der Waals surface area contributed by atoms with E-state index in [1.807, 2.05) is 20.0 Å². The van der Waals surface area contributed by atoms with Crippen molar-refractivity contribution < 1.29 is 13.2 Å². The normalized spacial score (nSPS) is 19.1. The second-order valence-electron chi connectivity index (χ2n) is 5.34. The lowest BCUT2D eigenvalue weighted by Gasteiger charge is -2.14. The van der Waals surface area contributed by atoms with Crippen LogP contribution in [0.3, 0.4) is 0 Å². The maximum atomic E-state index is 12.5. The molecule has 1 atom stereocenters. The first kappa shape index (κ1) is 16.9. The third-order valence-corrected chi connectivity index (χ3v) is 6.30. The average molecular weight is 377 g/mol. The second kappa shape index (κ2) is 7.19. The minimum Gasteiger partial charge on any atom is -0.381 e. The predicted octanol–water partition coefficient (Wildman–Crippen LogP) is 1.79. The van der Waals surface area contributed by atoms with Gasteiger partial charge >= 0.3 is 0 Å². The predicted molar refractivity (Wildman–Crippen MR) is 85.8 cm³/mol. The third-order valence-electron chi connectivity index (χ3n) is 3.54. The monoisotopic (exact) mass is 376 g/mol. The summed E-state index contributed by atoms with van der Waals surface area (Å²) in [4.78, 5) is 0.298. The van der Waals surface area contributed by atoms with Crippen molar-refractivity contribution in [1.82, 2.24) is 10.0 Å². The van der Waals surface area contributed by atoms with Crippen molar-refractivity contribution in [2.24, 2.45) is 5.92 Å². The Morgan fingerprint density at radius 3 is 2.81 bits per heavy atom. The van der Waals surface area contributed by atoms with Crippen LogP contribution >= 0.6 is 15.9 Å². The Bertz CT molecular complexity index is 598. The van der Waals surface area contributed by atoms with Crippen molar-refractivity contribution in [2.45, 2.75) is 24.8 Å². The van der Waals surface area contributed by atoms with Crippen LogP contribution in [0.2, 0.25) is 0 Å². The molecule has 0 amide bonds. The summed E-state index contributed by atoms with van der Waals surface area (Å²) in [6, 6.07) is 3.69. The Labute approximate surface area is 134 Å². The molecule has 0 bridgehead atoms. The maximum Gasteiger partial charge on any atom is 0.241 e. The number of sulfonamides is 1. The van der Waals surface area contributed by atoms with Crippen LogP contribution in [0.5, 0.6) is 0 Å². The van der Waals surface area contributed by atoms with E-state index in [0.717, 1.165) is 17.5 Å². The van der Waals surface area contributed by atoms with Gasteiger partial charge in [-0.2, -0.15) is 0 Å². The Morgan fingerprint density at radius 1 is 1.43 bits per heavy atom. The molecule has 7 heteroatoms. The van der Waals surface area contributed by atoms with Gasteiger partial charge < -0.3 is 10.1 Å². The van der Waals surface area contributed by atoms with E-state index in [1.165, 1.54) is 0 Å². The molecule has 1 heterocycles. The molecule has 2 N–H and O–H groups in total. The van der Waals surface area contributed by atoms with Gasteiger partial charge in [0.25, 0.3) is 0 Å². The van der Waals surface area contributed by atoms with Crippen molar-refractivity contribution >= 4 is 26.0 Å². The molecule has 0 aliphatic carbocycles. The fourth-order valence-corrected chi connectivity index (χ4v) is 4.54. The summed E-state index contributed by atoms with van der Waals surface area (Å²) in [7, 11) is -1.68. The van der Waals surface area contributed by atoms with E-state index in [9.17, 15) is 8.42 Å². The molecule has 0 aromatic heterocycles. The fraction of sp³-hybridized carbons (Fsp3) is 0.571. The molecule has 1 aromatic carbocycles. The van der Waals surface area contributed by atoms with Gasteiger partial charge in [0.05, 0.1) is 11.5 Å². The maximum absolute atomic E-state index is 12.5. The fourth-order valence-electron chi connectivity index (χ4n) is 2.36. The minimum absolute atomic E-state index is 0.264. The van der Waals surface area contributed by atoms with Crippen LogP contribution < -0.4 is 10.0 Å². The largest absolute Gasteiger partial charge is 0.381 e. The summed E-state index contributed by atoms with van der Waals surface area (Å²) in [5.41, 5.74) is 1.86. The molecule has 1 unspecified atom stereocenters. The van der Waals surface area contributed by atoms with Crippen LogP contribution in [0.1, 0.15) is 17.5 Å². The van der Waals surface area contributed by atoms with Gasteiger partial charge in [-0.05, 0) is 59.4 Å².